The summed E-state index contributed by atoms with van der Waals surface area (Å²) in [5.41, 5.74) is 2.61. The van der Waals surface area contributed by atoms with Crippen molar-refractivity contribution in [3.05, 3.63) is 23.4 Å². The van der Waals surface area contributed by atoms with E-state index in [-0.39, 0.29) is 0 Å². The van der Waals surface area contributed by atoms with E-state index < -0.39 is 0 Å². The maximum atomic E-state index is 4.72. The molecule has 1 aliphatic rings. The van der Waals surface area contributed by atoms with Crippen LogP contribution >= 0.6 is 0 Å². The molecule has 0 bridgehead atoms. The third kappa shape index (κ3) is 1.61. The minimum Gasteiger partial charge on any atom is -0.359 e. The first-order chi connectivity index (χ1) is 6.68. The van der Waals surface area contributed by atoms with Crippen LogP contribution in [0.1, 0.15) is 37.4 Å². The topological polar surface area (TPSA) is 16.1 Å². The van der Waals surface area contributed by atoms with Crippen LogP contribution in [0, 0.1) is 0 Å². The summed E-state index contributed by atoms with van der Waals surface area (Å²) in [5, 5.41) is 0. The van der Waals surface area contributed by atoms with E-state index >= 15 is 0 Å². The van der Waals surface area contributed by atoms with Gasteiger partial charge in [-0.1, -0.05) is 19.9 Å². The molecule has 0 N–H and O–H groups in total. The fourth-order valence-corrected chi connectivity index (χ4v) is 1.95. The predicted molar refractivity (Wildman–Crippen MR) is 59.9 cm³/mol. The molecule has 0 spiro atoms. The van der Waals surface area contributed by atoms with Gasteiger partial charge in [-0.15, -0.1) is 0 Å². The summed E-state index contributed by atoms with van der Waals surface area (Å²) in [5.74, 6) is 1.72. The molecule has 0 radical (unpaired) electrons. The Morgan fingerprint density at radius 2 is 2.14 bits per heavy atom. The predicted octanol–water partition coefficient (Wildman–Crippen LogP) is 2.59. The van der Waals surface area contributed by atoms with E-state index in [1.165, 1.54) is 29.9 Å². The molecule has 0 saturated carbocycles. The van der Waals surface area contributed by atoms with Gasteiger partial charge in [0.2, 0.25) is 0 Å². The van der Waals surface area contributed by atoms with E-state index in [4.69, 9.17) is 4.98 Å². The summed E-state index contributed by atoms with van der Waals surface area (Å²) in [6.07, 6.45) is 2.44. The fraction of sp³-hybridized carbons (Fsp3) is 0.583. The van der Waals surface area contributed by atoms with Gasteiger partial charge in [0.1, 0.15) is 5.82 Å². The average Bonchev–Trinajstić information content (AvgIpc) is 2.18. The lowest BCUT2D eigenvalue weighted by Crippen LogP contribution is -2.26. The number of hydrogen-bond acceptors (Lipinski definition) is 2. The number of fused-ring (bicyclic) bond motifs is 1. The Bertz CT molecular complexity index is 331. The smallest absolute Gasteiger partial charge is 0.131 e. The molecule has 0 amide bonds. The molecule has 2 heteroatoms. The summed E-state index contributed by atoms with van der Waals surface area (Å²) in [4.78, 5) is 6.99. The number of nitrogens with zero attached hydrogens (tertiary/aromatic N) is 2. The van der Waals surface area contributed by atoms with Gasteiger partial charge >= 0.3 is 0 Å². The molecule has 0 aliphatic carbocycles. The molecule has 2 heterocycles. The van der Waals surface area contributed by atoms with Crippen molar-refractivity contribution in [3.63, 3.8) is 0 Å². The van der Waals surface area contributed by atoms with Crippen molar-refractivity contribution in [1.82, 2.24) is 4.98 Å². The molecule has 76 valence electrons. The normalized spacial score (nSPS) is 15.9. The Hall–Kier alpha value is -1.05. The van der Waals surface area contributed by atoms with Gasteiger partial charge in [-0.2, -0.15) is 0 Å². The Kier molecular flexibility index (Phi) is 2.44. The fourth-order valence-electron chi connectivity index (χ4n) is 1.95. The van der Waals surface area contributed by atoms with Crippen molar-refractivity contribution < 1.29 is 0 Å². The molecule has 14 heavy (non-hydrogen) atoms. The van der Waals surface area contributed by atoms with Crippen LogP contribution in [0.3, 0.4) is 0 Å². The zero-order chi connectivity index (χ0) is 10.1. The minimum atomic E-state index is 0.524. The zero-order valence-corrected chi connectivity index (χ0v) is 9.25. The number of pyridine rings is 1. The highest BCUT2D eigenvalue weighted by atomic mass is 15.2. The van der Waals surface area contributed by atoms with E-state index in [0.717, 1.165) is 6.54 Å². The van der Waals surface area contributed by atoms with Crippen LogP contribution in [-0.4, -0.2) is 18.6 Å². The summed E-state index contributed by atoms with van der Waals surface area (Å²) in [6.45, 7) is 5.52. The first-order valence-corrected chi connectivity index (χ1v) is 5.39. The van der Waals surface area contributed by atoms with Gasteiger partial charge in [-0.3, -0.25) is 0 Å². The van der Waals surface area contributed by atoms with Gasteiger partial charge < -0.3 is 4.90 Å². The largest absolute Gasteiger partial charge is 0.359 e. The minimum absolute atomic E-state index is 0.524. The number of rotatable bonds is 1. The molecule has 1 aromatic heterocycles. The van der Waals surface area contributed by atoms with Crippen molar-refractivity contribution in [2.45, 2.75) is 32.6 Å². The molecular formula is C12H18N2. The second-order valence-electron chi connectivity index (χ2n) is 4.40. The molecule has 0 atom stereocenters. The van der Waals surface area contributed by atoms with Crippen LogP contribution in [0.2, 0.25) is 0 Å². The van der Waals surface area contributed by atoms with Crippen LogP contribution in [0.5, 0.6) is 0 Å². The number of hydrogen-bond donors (Lipinski definition) is 0. The van der Waals surface area contributed by atoms with Crippen molar-refractivity contribution in [2.24, 2.45) is 0 Å². The Labute approximate surface area is 86.0 Å². The molecule has 2 nitrogen and oxygen atoms in total. The molecule has 2 rings (SSSR count). The highest BCUT2D eigenvalue weighted by Crippen LogP contribution is 2.25. The third-order valence-corrected chi connectivity index (χ3v) is 2.87. The van der Waals surface area contributed by atoms with E-state index in [1.54, 1.807) is 0 Å². The van der Waals surface area contributed by atoms with Crippen molar-refractivity contribution >= 4 is 5.82 Å². The molecular weight excluding hydrogens is 172 g/mol. The van der Waals surface area contributed by atoms with E-state index in [0.29, 0.717) is 5.92 Å². The molecule has 1 aromatic rings. The molecule has 0 unspecified atom stereocenters. The number of anilines is 1. The summed E-state index contributed by atoms with van der Waals surface area (Å²) in [7, 11) is 2.13. The highest BCUT2D eigenvalue weighted by molar-refractivity contribution is 5.49. The van der Waals surface area contributed by atoms with Crippen LogP contribution in [0.15, 0.2) is 12.1 Å². The van der Waals surface area contributed by atoms with Gasteiger partial charge in [-0.05, 0) is 30.4 Å². The van der Waals surface area contributed by atoms with Crippen molar-refractivity contribution in [1.29, 1.82) is 0 Å². The quantitative estimate of drug-likeness (QED) is 0.676. The monoisotopic (exact) mass is 190 g/mol. The van der Waals surface area contributed by atoms with Gasteiger partial charge in [0, 0.05) is 19.3 Å². The Morgan fingerprint density at radius 3 is 2.86 bits per heavy atom. The maximum absolute atomic E-state index is 4.72. The highest BCUT2D eigenvalue weighted by Gasteiger charge is 2.15. The van der Waals surface area contributed by atoms with Crippen molar-refractivity contribution in [2.75, 3.05) is 18.5 Å². The van der Waals surface area contributed by atoms with Gasteiger partial charge in [0.25, 0.3) is 0 Å². The lowest BCUT2D eigenvalue weighted by molar-refractivity contribution is 0.716. The van der Waals surface area contributed by atoms with Crippen molar-refractivity contribution in [3.8, 4) is 0 Å². The Balaban J connectivity index is 2.41. The lowest BCUT2D eigenvalue weighted by atomic mass is 10.0. The van der Waals surface area contributed by atoms with Gasteiger partial charge in [-0.25, -0.2) is 4.98 Å². The van der Waals surface area contributed by atoms with E-state index in [2.05, 4.69) is 37.9 Å². The summed E-state index contributed by atoms with van der Waals surface area (Å²) < 4.78 is 0. The molecule has 0 aromatic carbocycles. The second-order valence-corrected chi connectivity index (χ2v) is 4.40. The van der Waals surface area contributed by atoms with Crippen LogP contribution in [0.4, 0.5) is 5.82 Å². The summed E-state index contributed by atoms with van der Waals surface area (Å²) >= 11 is 0. The first kappa shape index (κ1) is 9.50. The SMILES string of the molecule is CC(C)c1ccc2c(n1)N(C)CCC2. The molecule has 0 fully saturated rings. The Morgan fingerprint density at radius 1 is 1.36 bits per heavy atom. The number of aromatic nitrogens is 1. The standard InChI is InChI=1S/C12H18N2/c1-9(2)11-7-6-10-5-4-8-14(3)12(10)13-11/h6-7,9H,4-5,8H2,1-3H3. The maximum Gasteiger partial charge on any atom is 0.131 e. The molecule has 1 aliphatic heterocycles. The van der Waals surface area contributed by atoms with E-state index in [9.17, 15) is 0 Å². The van der Waals surface area contributed by atoms with Crippen LogP contribution in [-0.2, 0) is 6.42 Å². The summed E-state index contributed by atoms with van der Waals surface area (Å²) in [6, 6.07) is 4.41. The average molecular weight is 190 g/mol. The van der Waals surface area contributed by atoms with E-state index in [1.807, 2.05) is 0 Å². The first-order valence-electron chi connectivity index (χ1n) is 5.39. The van der Waals surface area contributed by atoms with Gasteiger partial charge in [0.15, 0.2) is 0 Å². The van der Waals surface area contributed by atoms with Crippen LogP contribution < -0.4 is 4.90 Å². The second kappa shape index (κ2) is 3.60. The van der Waals surface area contributed by atoms with Crippen LogP contribution in [0.25, 0.3) is 0 Å². The molecule has 0 saturated heterocycles. The third-order valence-electron chi connectivity index (χ3n) is 2.87. The van der Waals surface area contributed by atoms with Gasteiger partial charge in [0.05, 0.1) is 0 Å². The lowest BCUT2D eigenvalue weighted by Gasteiger charge is -2.26. The number of aryl methyl sites for hydroxylation is 1. The zero-order valence-electron chi connectivity index (χ0n) is 9.25.